The Morgan fingerprint density at radius 2 is 2.35 bits per heavy atom. The van der Waals surface area contributed by atoms with E-state index < -0.39 is 5.60 Å². The first-order chi connectivity index (χ1) is 11.1. The molecule has 6 heteroatoms. The minimum atomic E-state index is -1.04. The molecule has 3 rings (SSSR count). The Kier molecular flexibility index (Phi) is 4.73. The summed E-state index contributed by atoms with van der Waals surface area (Å²) >= 11 is 0. The number of carbonyl (C=O) groups excluding carboxylic acids is 1. The summed E-state index contributed by atoms with van der Waals surface area (Å²) in [7, 11) is 0. The average molecular weight is 321 g/mol. The molecule has 0 spiro atoms. The largest absolute Gasteiger partial charge is 0.494 e. The van der Waals surface area contributed by atoms with Crippen LogP contribution in [0.3, 0.4) is 0 Å². The second kappa shape index (κ2) is 6.76. The van der Waals surface area contributed by atoms with Crippen LogP contribution in [0.4, 0.5) is 0 Å². The van der Waals surface area contributed by atoms with Gasteiger partial charge in [0.15, 0.2) is 0 Å². The van der Waals surface area contributed by atoms with Crippen LogP contribution >= 0.6 is 0 Å². The van der Waals surface area contributed by atoms with E-state index in [1.807, 2.05) is 25.1 Å². The van der Waals surface area contributed by atoms with E-state index in [2.05, 4.69) is 5.32 Å². The molecular formula is C17H23NO5. The van der Waals surface area contributed by atoms with Gasteiger partial charge in [0.25, 0.3) is 0 Å². The Balaban J connectivity index is 1.69. The molecule has 2 N–H and O–H groups in total. The lowest BCUT2D eigenvalue weighted by atomic mass is 9.96. The second-order valence-corrected chi connectivity index (χ2v) is 6.09. The van der Waals surface area contributed by atoms with Gasteiger partial charge in [-0.3, -0.25) is 4.79 Å². The Labute approximate surface area is 135 Å². The van der Waals surface area contributed by atoms with Crippen molar-refractivity contribution in [3.63, 3.8) is 0 Å². The number of nitrogens with one attached hydrogen (secondary N) is 1. The van der Waals surface area contributed by atoms with Crippen molar-refractivity contribution in [3.05, 3.63) is 23.8 Å². The Bertz CT molecular complexity index is 568. The standard InChI is InChI=1S/C17H23NO5/c1-2-22-12-3-4-15-13(9-12)14(5-7-23-15)18-16(19)10-17(20)6-8-21-11-17/h3-4,9,14,20H,2,5-8,10-11H2,1H3,(H,18,19). The fourth-order valence-electron chi connectivity index (χ4n) is 3.06. The summed E-state index contributed by atoms with van der Waals surface area (Å²) < 4.78 is 16.4. The van der Waals surface area contributed by atoms with Crippen LogP contribution in [0.2, 0.25) is 0 Å². The monoisotopic (exact) mass is 321 g/mol. The van der Waals surface area contributed by atoms with Gasteiger partial charge in [0.05, 0.1) is 37.9 Å². The van der Waals surface area contributed by atoms with Gasteiger partial charge in [-0.15, -0.1) is 0 Å². The molecular weight excluding hydrogens is 298 g/mol. The molecule has 0 aliphatic carbocycles. The van der Waals surface area contributed by atoms with E-state index in [9.17, 15) is 9.90 Å². The first kappa shape index (κ1) is 16.1. The molecule has 2 aliphatic rings. The zero-order chi connectivity index (χ0) is 16.3. The maximum Gasteiger partial charge on any atom is 0.223 e. The van der Waals surface area contributed by atoms with Crippen LogP contribution in [0.1, 0.15) is 37.8 Å². The van der Waals surface area contributed by atoms with E-state index in [-0.39, 0.29) is 25.0 Å². The minimum Gasteiger partial charge on any atom is -0.494 e. The van der Waals surface area contributed by atoms with E-state index in [1.165, 1.54) is 0 Å². The Morgan fingerprint density at radius 1 is 1.48 bits per heavy atom. The molecule has 2 atom stereocenters. The number of aliphatic hydroxyl groups is 1. The molecule has 1 saturated heterocycles. The fraction of sp³-hybridized carbons (Fsp3) is 0.588. The maximum absolute atomic E-state index is 12.3. The highest BCUT2D eigenvalue weighted by atomic mass is 16.5. The number of amides is 1. The summed E-state index contributed by atoms with van der Waals surface area (Å²) in [5, 5.41) is 13.3. The highest BCUT2D eigenvalue weighted by Gasteiger charge is 2.35. The van der Waals surface area contributed by atoms with Crippen LogP contribution < -0.4 is 14.8 Å². The molecule has 0 radical (unpaired) electrons. The molecule has 2 aliphatic heterocycles. The minimum absolute atomic E-state index is 0.0604. The van der Waals surface area contributed by atoms with Gasteiger partial charge >= 0.3 is 0 Å². The smallest absolute Gasteiger partial charge is 0.223 e. The van der Waals surface area contributed by atoms with Crippen molar-refractivity contribution >= 4 is 5.91 Å². The molecule has 1 aromatic rings. The quantitative estimate of drug-likeness (QED) is 0.861. The van der Waals surface area contributed by atoms with Crippen LogP contribution in [0.15, 0.2) is 18.2 Å². The summed E-state index contributed by atoms with van der Waals surface area (Å²) in [4.78, 5) is 12.3. The summed E-state index contributed by atoms with van der Waals surface area (Å²) in [6.45, 7) is 3.80. The van der Waals surface area contributed by atoms with Crippen molar-refractivity contribution in [2.24, 2.45) is 0 Å². The van der Waals surface area contributed by atoms with Crippen molar-refractivity contribution in [2.45, 2.75) is 37.8 Å². The molecule has 23 heavy (non-hydrogen) atoms. The zero-order valence-corrected chi connectivity index (χ0v) is 13.3. The third kappa shape index (κ3) is 3.76. The molecule has 1 fully saturated rings. The van der Waals surface area contributed by atoms with Gasteiger partial charge in [0.2, 0.25) is 5.91 Å². The summed E-state index contributed by atoms with van der Waals surface area (Å²) in [6.07, 6.45) is 1.26. The van der Waals surface area contributed by atoms with Gasteiger partial charge in [-0.1, -0.05) is 0 Å². The van der Waals surface area contributed by atoms with Crippen LogP contribution in [0, 0.1) is 0 Å². The van der Waals surface area contributed by atoms with Crippen molar-refractivity contribution in [1.29, 1.82) is 0 Å². The lowest BCUT2D eigenvalue weighted by Crippen LogP contribution is -2.39. The van der Waals surface area contributed by atoms with Gasteiger partial charge < -0.3 is 24.6 Å². The van der Waals surface area contributed by atoms with E-state index in [0.29, 0.717) is 32.7 Å². The van der Waals surface area contributed by atoms with Crippen molar-refractivity contribution in [3.8, 4) is 11.5 Å². The molecule has 126 valence electrons. The SMILES string of the molecule is CCOc1ccc2c(c1)C(NC(=O)CC1(O)CCOC1)CCO2. The number of fused-ring (bicyclic) bond motifs is 1. The number of hydrogen-bond acceptors (Lipinski definition) is 5. The van der Waals surface area contributed by atoms with Gasteiger partial charge in [-0.05, 0) is 25.1 Å². The zero-order valence-electron chi connectivity index (χ0n) is 13.3. The van der Waals surface area contributed by atoms with E-state index >= 15 is 0 Å². The van der Waals surface area contributed by atoms with E-state index in [4.69, 9.17) is 14.2 Å². The number of ether oxygens (including phenoxy) is 3. The van der Waals surface area contributed by atoms with Gasteiger partial charge in [-0.2, -0.15) is 0 Å². The highest BCUT2D eigenvalue weighted by Crippen LogP contribution is 2.35. The molecule has 6 nitrogen and oxygen atoms in total. The predicted octanol–water partition coefficient (Wildman–Crippen LogP) is 1.57. The van der Waals surface area contributed by atoms with Crippen LogP contribution in [0.25, 0.3) is 0 Å². The first-order valence-corrected chi connectivity index (χ1v) is 8.09. The Hall–Kier alpha value is -1.79. The molecule has 2 unspecified atom stereocenters. The lowest BCUT2D eigenvalue weighted by Gasteiger charge is -2.28. The normalized spacial score (nSPS) is 26.3. The third-order valence-corrected chi connectivity index (χ3v) is 4.24. The number of hydrogen-bond donors (Lipinski definition) is 2. The summed E-state index contributed by atoms with van der Waals surface area (Å²) in [5.41, 5.74) is -0.115. The van der Waals surface area contributed by atoms with Gasteiger partial charge in [0, 0.05) is 25.0 Å². The molecule has 0 aromatic heterocycles. The van der Waals surface area contributed by atoms with Gasteiger partial charge in [0.1, 0.15) is 11.5 Å². The number of benzene rings is 1. The predicted molar refractivity (Wildman–Crippen MR) is 83.6 cm³/mol. The fourth-order valence-corrected chi connectivity index (χ4v) is 3.06. The topological polar surface area (TPSA) is 77.0 Å². The van der Waals surface area contributed by atoms with E-state index in [1.54, 1.807) is 0 Å². The molecule has 1 aromatic carbocycles. The van der Waals surface area contributed by atoms with Crippen LogP contribution in [-0.4, -0.2) is 43.0 Å². The lowest BCUT2D eigenvalue weighted by molar-refractivity contribution is -0.127. The summed E-state index contributed by atoms with van der Waals surface area (Å²) in [6, 6.07) is 5.52. The highest BCUT2D eigenvalue weighted by molar-refractivity contribution is 5.77. The van der Waals surface area contributed by atoms with Crippen molar-refractivity contribution < 1.29 is 24.1 Å². The van der Waals surface area contributed by atoms with Crippen LogP contribution in [0.5, 0.6) is 11.5 Å². The van der Waals surface area contributed by atoms with Gasteiger partial charge in [-0.25, -0.2) is 0 Å². The van der Waals surface area contributed by atoms with Crippen LogP contribution in [-0.2, 0) is 9.53 Å². The molecule has 0 saturated carbocycles. The van der Waals surface area contributed by atoms with E-state index in [0.717, 1.165) is 17.1 Å². The molecule has 1 amide bonds. The number of carbonyl (C=O) groups is 1. The molecule has 0 bridgehead atoms. The maximum atomic E-state index is 12.3. The van der Waals surface area contributed by atoms with Crippen molar-refractivity contribution in [2.75, 3.05) is 26.4 Å². The second-order valence-electron chi connectivity index (χ2n) is 6.09. The number of rotatable bonds is 5. The van der Waals surface area contributed by atoms with Crippen molar-refractivity contribution in [1.82, 2.24) is 5.32 Å². The summed E-state index contributed by atoms with van der Waals surface area (Å²) in [5.74, 6) is 1.37. The Morgan fingerprint density at radius 3 is 3.09 bits per heavy atom. The molecule has 2 heterocycles. The first-order valence-electron chi connectivity index (χ1n) is 8.09. The average Bonchev–Trinajstić information content (AvgIpc) is 2.94. The third-order valence-electron chi connectivity index (χ3n) is 4.24.